The summed E-state index contributed by atoms with van der Waals surface area (Å²) in [6, 6.07) is 3.58. The number of anilines is 1. The summed E-state index contributed by atoms with van der Waals surface area (Å²) in [7, 11) is 0. The van der Waals surface area contributed by atoms with Crippen molar-refractivity contribution in [2.45, 2.75) is 65.1 Å². The smallest absolute Gasteiger partial charge is 0.408 e. The van der Waals surface area contributed by atoms with Gasteiger partial charge in [-0.2, -0.15) is 0 Å². The van der Waals surface area contributed by atoms with E-state index in [4.69, 9.17) is 4.74 Å². The van der Waals surface area contributed by atoms with Crippen LogP contribution in [0.3, 0.4) is 0 Å². The number of carbonyl (C=O) groups is 3. The Morgan fingerprint density at radius 3 is 2.54 bits per heavy atom. The van der Waals surface area contributed by atoms with Crippen molar-refractivity contribution in [2.24, 2.45) is 0 Å². The molecule has 0 radical (unpaired) electrons. The van der Waals surface area contributed by atoms with Gasteiger partial charge in [0.05, 0.1) is 0 Å². The standard InChI is InChI=1S/C19H26N2O5/c1-6-13(20-18(25)26-19(3,4)5)16(22)21-14-9-7-8-11(2)12(14)10-15(21)17(23)24/h7-9,13,15H,6,10H2,1-5H3,(H,20,25)(H,23,24)/t13-,15+/m0/s1. The molecule has 0 saturated heterocycles. The van der Waals surface area contributed by atoms with Crippen LogP contribution in [0.4, 0.5) is 10.5 Å². The SMILES string of the molecule is CC[C@H](NC(=O)OC(C)(C)C)C(=O)N1c2cccc(C)c2C[C@@H]1C(=O)O. The molecule has 1 aliphatic rings. The van der Waals surface area contributed by atoms with E-state index in [0.717, 1.165) is 11.1 Å². The maximum Gasteiger partial charge on any atom is 0.408 e. The van der Waals surface area contributed by atoms with Crippen LogP contribution in [0.5, 0.6) is 0 Å². The van der Waals surface area contributed by atoms with Crippen LogP contribution in [0, 0.1) is 6.92 Å². The molecular formula is C19H26N2O5. The second kappa shape index (κ2) is 7.35. The Kier molecular flexibility index (Phi) is 5.59. The number of fused-ring (bicyclic) bond motifs is 1. The van der Waals surface area contributed by atoms with Crippen LogP contribution < -0.4 is 10.2 Å². The van der Waals surface area contributed by atoms with Crippen molar-refractivity contribution in [3.63, 3.8) is 0 Å². The molecule has 2 atom stereocenters. The minimum atomic E-state index is -1.07. The average Bonchev–Trinajstić information content (AvgIpc) is 2.91. The van der Waals surface area contributed by atoms with E-state index in [0.29, 0.717) is 12.1 Å². The lowest BCUT2D eigenvalue weighted by atomic mass is 10.0. The van der Waals surface area contributed by atoms with Gasteiger partial charge in [-0.1, -0.05) is 19.1 Å². The number of ether oxygens (including phenoxy) is 1. The third-order valence-corrected chi connectivity index (χ3v) is 4.27. The largest absolute Gasteiger partial charge is 0.480 e. The lowest BCUT2D eigenvalue weighted by Crippen LogP contribution is -2.53. The van der Waals surface area contributed by atoms with Gasteiger partial charge in [-0.25, -0.2) is 9.59 Å². The fraction of sp³-hybridized carbons (Fsp3) is 0.526. The van der Waals surface area contributed by atoms with Crippen LogP contribution in [0.25, 0.3) is 0 Å². The number of rotatable bonds is 4. The van der Waals surface area contributed by atoms with Crippen molar-refractivity contribution < 1.29 is 24.2 Å². The van der Waals surface area contributed by atoms with Crippen molar-refractivity contribution >= 4 is 23.7 Å². The van der Waals surface area contributed by atoms with Gasteiger partial charge in [0, 0.05) is 12.1 Å². The Labute approximate surface area is 153 Å². The van der Waals surface area contributed by atoms with Crippen molar-refractivity contribution in [3.8, 4) is 0 Å². The van der Waals surface area contributed by atoms with Crippen LogP contribution in [0.1, 0.15) is 45.2 Å². The van der Waals surface area contributed by atoms with E-state index >= 15 is 0 Å². The van der Waals surface area contributed by atoms with Gasteiger partial charge >= 0.3 is 12.1 Å². The number of hydrogen-bond acceptors (Lipinski definition) is 4. The number of benzene rings is 1. The molecule has 142 valence electrons. The molecule has 7 heteroatoms. The van der Waals surface area contributed by atoms with Crippen LogP contribution in [0.15, 0.2) is 18.2 Å². The zero-order valence-corrected chi connectivity index (χ0v) is 15.8. The van der Waals surface area contributed by atoms with E-state index in [1.54, 1.807) is 39.8 Å². The van der Waals surface area contributed by atoms with E-state index in [1.165, 1.54) is 4.90 Å². The summed E-state index contributed by atoms with van der Waals surface area (Å²) < 4.78 is 5.21. The lowest BCUT2D eigenvalue weighted by molar-refractivity contribution is -0.140. The third-order valence-electron chi connectivity index (χ3n) is 4.27. The van der Waals surface area contributed by atoms with Crippen LogP contribution in [-0.4, -0.2) is 40.8 Å². The van der Waals surface area contributed by atoms with Crippen molar-refractivity contribution in [2.75, 3.05) is 4.90 Å². The van der Waals surface area contributed by atoms with Gasteiger partial charge in [0.1, 0.15) is 17.7 Å². The van der Waals surface area contributed by atoms with Gasteiger partial charge in [-0.05, 0) is 51.3 Å². The molecule has 1 aliphatic heterocycles. The first-order chi connectivity index (χ1) is 12.0. The monoisotopic (exact) mass is 362 g/mol. The molecule has 2 N–H and O–H groups in total. The summed E-state index contributed by atoms with van der Waals surface area (Å²) in [5.41, 5.74) is 1.69. The van der Waals surface area contributed by atoms with Gasteiger partial charge in [-0.3, -0.25) is 9.69 Å². The molecule has 0 bridgehead atoms. The predicted molar refractivity (Wildman–Crippen MR) is 97.2 cm³/mol. The quantitative estimate of drug-likeness (QED) is 0.858. The first-order valence-corrected chi connectivity index (χ1v) is 8.69. The highest BCUT2D eigenvalue weighted by molar-refractivity contribution is 6.05. The van der Waals surface area contributed by atoms with Crippen LogP contribution >= 0.6 is 0 Å². The van der Waals surface area contributed by atoms with Gasteiger partial charge in [-0.15, -0.1) is 0 Å². The predicted octanol–water partition coefficient (Wildman–Crippen LogP) is 2.64. The molecule has 0 spiro atoms. The highest BCUT2D eigenvalue weighted by Crippen LogP contribution is 2.35. The minimum Gasteiger partial charge on any atom is -0.480 e. The second-order valence-electron chi connectivity index (χ2n) is 7.45. The highest BCUT2D eigenvalue weighted by atomic mass is 16.6. The average molecular weight is 362 g/mol. The number of carbonyl (C=O) groups excluding carboxylic acids is 2. The van der Waals surface area contributed by atoms with Crippen LogP contribution in [-0.2, 0) is 20.7 Å². The van der Waals surface area contributed by atoms with E-state index < -0.39 is 35.7 Å². The fourth-order valence-corrected chi connectivity index (χ4v) is 3.06. The molecular weight excluding hydrogens is 336 g/mol. The molecule has 7 nitrogen and oxygen atoms in total. The third kappa shape index (κ3) is 4.15. The number of nitrogens with one attached hydrogen (secondary N) is 1. The molecule has 2 amide bonds. The normalized spacial score (nSPS) is 17.4. The minimum absolute atomic E-state index is 0.256. The Hall–Kier alpha value is -2.57. The maximum absolute atomic E-state index is 13.1. The number of aryl methyl sites for hydroxylation is 1. The van der Waals surface area contributed by atoms with E-state index in [-0.39, 0.29) is 6.42 Å². The molecule has 0 aliphatic carbocycles. The van der Waals surface area contributed by atoms with E-state index in [1.807, 2.05) is 13.0 Å². The van der Waals surface area contributed by atoms with Gasteiger partial charge in [0.25, 0.3) is 5.91 Å². The zero-order chi connectivity index (χ0) is 19.6. The summed E-state index contributed by atoms with van der Waals surface area (Å²) in [6.45, 7) is 8.84. The van der Waals surface area contributed by atoms with Crippen LogP contribution in [0.2, 0.25) is 0 Å². The number of alkyl carbamates (subject to hydrolysis) is 1. The number of carboxylic acid groups (broad SMARTS) is 1. The molecule has 0 aromatic heterocycles. The Morgan fingerprint density at radius 2 is 2.00 bits per heavy atom. The summed E-state index contributed by atoms with van der Waals surface area (Å²) in [4.78, 5) is 38.1. The number of hydrogen-bond donors (Lipinski definition) is 2. The van der Waals surface area contributed by atoms with Gasteiger partial charge in [0.15, 0.2) is 0 Å². The number of aliphatic carboxylic acids is 1. The first kappa shape index (κ1) is 19.8. The van der Waals surface area contributed by atoms with E-state index in [9.17, 15) is 19.5 Å². The van der Waals surface area contributed by atoms with E-state index in [2.05, 4.69) is 5.32 Å². The topological polar surface area (TPSA) is 95.9 Å². The van der Waals surface area contributed by atoms with Crippen molar-refractivity contribution in [1.29, 1.82) is 0 Å². The Morgan fingerprint density at radius 1 is 1.35 bits per heavy atom. The molecule has 26 heavy (non-hydrogen) atoms. The second-order valence-corrected chi connectivity index (χ2v) is 7.45. The summed E-state index contributed by atoms with van der Waals surface area (Å²) >= 11 is 0. The zero-order valence-electron chi connectivity index (χ0n) is 15.8. The molecule has 1 aromatic rings. The first-order valence-electron chi connectivity index (χ1n) is 8.69. The van der Waals surface area contributed by atoms with Gasteiger partial charge < -0.3 is 15.2 Å². The molecule has 1 aromatic carbocycles. The van der Waals surface area contributed by atoms with Crippen molar-refractivity contribution in [1.82, 2.24) is 5.32 Å². The summed E-state index contributed by atoms with van der Waals surface area (Å²) in [5.74, 6) is -1.52. The summed E-state index contributed by atoms with van der Waals surface area (Å²) in [5, 5.41) is 12.1. The maximum atomic E-state index is 13.1. The number of amides is 2. The number of nitrogens with zero attached hydrogens (tertiary/aromatic N) is 1. The molecule has 2 rings (SSSR count). The van der Waals surface area contributed by atoms with Gasteiger partial charge in [0.2, 0.25) is 0 Å². The fourth-order valence-electron chi connectivity index (χ4n) is 3.06. The Bertz CT molecular complexity index is 723. The molecule has 1 heterocycles. The Balaban J connectivity index is 2.28. The number of carboxylic acids is 1. The lowest BCUT2D eigenvalue weighted by Gasteiger charge is -2.28. The van der Waals surface area contributed by atoms with Crippen molar-refractivity contribution in [3.05, 3.63) is 29.3 Å². The molecule has 0 unspecified atom stereocenters. The molecule has 0 fully saturated rings. The molecule has 0 saturated carbocycles. The highest BCUT2D eigenvalue weighted by Gasteiger charge is 2.41. The summed E-state index contributed by atoms with van der Waals surface area (Å²) in [6.07, 6.45) is -0.123.